The molecule has 1 amide bonds. The molecule has 3 heteroatoms. The second-order valence-electron chi connectivity index (χ2n) is 6.20. The molecule has 0 bridgehead atoms. The summed E-state index contributed by atoms with van der Waals surface area (Å²) in [6.07, 6.45) is 4.90. The van der Waals surface area contributed by atoms with Gasteiger partial charge in [-0.1, -0.05) is 27.2 Å². The Labute approximate surface area is 105 Å². The molecule has 1 saturated heterocycles. The van der Waals surface area contributed by atoms with Crippen LogP contribution in [0.5, 0.6) is 0 Å². The lowest BCUT2D eigenvalue weighted by atomic mass is 9.66. The quantitative estimate of drug-likeness (QED) is 0.741. The minimum atomic E-state index is 0.189. The second kappa shape index (κ2) is 4.97. The maximum atomic E-state index is 11.9. The highest BCUT2D eigenvalue weighted by Crippen LogP contribution is 2.43. The predicted octanol–water partition coefficient (Wildman–Crippen LogP) is 2.45. The SMILES string of the molecule is CC(C)C1(C)CCCC(N2CCOCC2=O)C1. The maximum Gasteiger partial charge on any atom is 0.248 e. The van der Waals surface area contributed by atoms with Crippen molar-refractivity contribution in [3.05, 3.63) is 0 Å². The third kappa shape index (κ3) is 2.65. The summed E-state index contributed by atoms with van der Waals surface area (Å²) < 4.78 is 5.21. The van der Waals surface area contributed by atoms with Crippen LogP contribution in [0.15, 0.2) is 0 Å². The van der Waals surface area contributed by atoms with Gasteiger partial charge in [-0.15, -0.1) is 0 Å². The van der Waals surface area contributed by atoms with Gasteiger partial charge in [0.05, 0.1) is 6.61 Å². The highest BCUT2D eigenvalue weighted by atomic mass is 16.5. The summed E-state index contributed by atoms with van der Waals surface area (Å²) in [7, 11) is 0. The van der Waals surface area contributed by atoms with Crippen molar-refractivity contribution in [3.8, 4) is 0 Å². The van der Waals surface area contributed by atoms with Crippen molar-refractivity contribution in [1.29, 1.82) is 0 Å². The van der Waals surface area contributed by atoms with Gasteiger partial charge >= 0.3 is 0 Å². The minimum absolute atomic E-state index is 0.189. The molecule has 1 aliphatic carbocycles. The summed E-state index contributed by atoms with van der Waals surface area (Å²) in [5.74, 6) is 0.885. The fourth-order valence-corrected chi connectivity index (χ4v) is 3.19. The zero-order chi connectivity index (χ0) is 12.5. The number of carbonyl (C=O) groups excluding carboxylic acids is 1. The number of carbonyl (C=O) groups is 1. The van der Waals surface area contributed by atoms with Gasteiger partial charge in [0.2, 0.25) is 5.91 Å². The Kier molecular flexibility index (Phi) is 3.76. The van der Waals surface area contributed by atoms with E-state index in [2.05, 4.69) is 25.7 Å². The molecule has 1 aliphatic heterocycles. The Morgan fingerprint density at radius 3 is 2.88 bits per heavy atom. The molecule has 0 aromatic rings. The number of rotatable bonds is 2. The van der Waals surface area contributed by atoms with Gasteiger partial charge in [-0.05, 0) is 30.6 Å². The molecule has 17 heavy (non-hydrogen) atoms. The third-order valence-corrected chi connectivity index (χ3v) is 4.84. The van der Waals surface area contributed by atoms with Gasteiger partial charge in [0, 0.05) is 12.6 Å². The summed E-state index contributed by atoms with van der Waals surface area (Å²) in [5.41, 5.74) is 0.404. The van der Waals surface area contributed by atoms with Crippen molar-refractivity contribution in [1.82, 2.24) is 4.90 Å². The molecule has 0 N–H and O–H groups in total. The molecule has 2 fully saturated rings. The van der Waals surface area contributed by atoms with E-state index < -0.39 is 0 Å². The molecule has 0 radical (unpaired) electrons. The van der Waals surface area contributed by atoms with Crippen molar-refractivity contribution in [2.24, 2.45) is 11.3 Å². The van der Waals surface area contributed by atoms with Gasteiger partial charge < -0.3 is 9.64 Å². The molecule has 98 valence electrons. The van der Waals surface area contributed by atoms with Gasteiger partial charge in [0.15, 0.2) is 0 Å². The summed E-state index contributed by atoms with van der Waals surface area (Å²) in [6, 6.07) is 0.451. The van der Waals surface area contributed by atoms with E-state index in [0.29, 0.717) is 24.0 Å². The molecule has 1 heterocycles. The Morgan fingerprint density at radius 2 is 2.24 bits per heavy atom. The van der Waals surface area contributed by atoms with Crippen LogP contribution in [0, 0.1) is 11.3 Å². The van der Waals surface area contributed by atoms with Gasteiger partial charge in [-0.2, -0.15) is 0 Å². The van der Waals surface area contributed by atoms with Crippen LogP contribution >= 0.6 is 0 Å². The van der Waals surface area contributed by atoms with Crippen molar-refractivity contribution in [3.63, 3.8) is 0 Å². The van der Waals surface area contributed by atoms with Gasteiger partial charge in [-0.3, -0.25) is 4.79 Å². The number of amides is 1. The third-order valence-electron chi connectivity index (χ3n) is 4.84. The van der Waals surface area contributed by atoms with Crippen LogP contribution in [0.1, 0.15) is 46.5 Å². The molecular formula is C14H25NO2. The average molecular weight is 239 g/mol. The minimum Gasteiger partial charge on any atom is -0.370 e. The first-order chi connectivity index (χ1) is 8.03. The molecule has 0 aromatic carbocycles. The van der Waals surface area contributed by atoms with Gasteiger partial charge in [0.1, 0.15) is 6.61 Å². The zero-order valence-electron chi connectivity index (χ0n) is 11.4. The predicted molar refractivity (Wildman–Crippen MR) is 67.7 cm³/mol. The van der Waals surface area contributed by atoms with Crippen LogP contribution in [0.25, 0.3) is 0 Å². The number of morpholine rings is 1. The normalized spacial score (nSPS) is 35.4. The first-order valence-electron chi connectivity index (χ1n) is 6.90. The van der Waals surface area contributed by atoms with E-state index in [1.807, 2.05) is 0 Å². The number of nitrogens with zero attached hydrogens (tertiary/aromatic N) is 1. The van der Waals surface area contributed by atoms with E-state index in [0.717, 1.165) is 13.0 Å². The largest absolute Gasteiger partial charge is 0.370 e. The van der Waals surface area contributed by atoms with E-state index in [9.17, 15) is 4.79 Å². The Bertz CT molecular complexity index is 290. The fourth-order valence-electron chi connectivity index (χ4n) is 3.19. The van der Waals surface area contributed by atoms with E-state index in [4.69, 9.17) is 4.74 Å². The number of hydrogen-bond acceptors (Lipinski definition) is 2. The standard InChI is InChI=1S/C14H25NO2/c1-11(2)14(3)6-4-5-12(9-14)15-7-8-17-10-13(15)16/h11-12H,4-10H2,1-3H3. The summed E-state index contributed by atoms with van der Waals surface area (Å²) in [5, 5.41) is 0. The van der Waals surface area contributed by atoms with Gasteiger partial charge in [0.25, 0.3) is 0 Å². The molecule has 1 saturated carbocycles. The average Bonchev–Trinajstić information content (AvgIpc) is 2.29. The Balaban J connectivity index is 2.03. The molecule has 3 nitrogen and oxygen atoms in total. The lowest BCUT2D eigenvalue weighted by molar-refractivity contribution is -0.147. The monoisotopic (exact) mass is 239 g/mol. The number of ether oxygens (including phenoxy) is 1. The summed E-state index contributed by atoms with van der Waals surface area (Å²) in [6.45, 7) is 8.79. The lowest BCUT2D eigenvalue weighted by Gasteiger charge is -2.46. The van der Waals surface area contributed by atoms with E-state index in [1.54, 1.807) is 0 Å². The topological polar surface area (TPSA) is 29.5 Å². The Hall–Kier alpha value is -0.570. The molecule has 2 unspecified atom stereocenters. The molecule has 0 spiro atoms. The highest BCUT2D eigenvalue weighted by molar-refractivity contribution is 5.78. The molecule has 2 atom stereocenters. The zero-order valence-corrected chi connectivity index (χ0v) is 11.4. The van der Waals surface area contributed by atoms with Crippen molar-refractivity contribution < 1.29 is 9.53 Å². The fraction of sp³-hybridized carbons (Fsp3) is 0.929. The number of hydrogen-bond donors (Lipinski definition) is 0. The van der Waals surface area contributed by atoms with Crippen molar-refractivity contribution in [2.45, 2.75) is 52.5 Å². The smallest absolute Gasteiger partial charge is 0.248 e. The summed E-state index contributed by atoms with van der Waals surface area (Å²) in [4.78, 5) is 13.9. The maximum absolute atomic E-state index is 11.9. The first-order valence-corrected chi connectivity index (χ1v) is 6.90. The molecule has 2 aliphatic rings. The van der Waals surface area contributed by atoms with Crippen LogP contribution in [0.2, 0.25) is 0 Å². The van der Waals surface area contributed by atoms with Crippen LogP contribution in [0.4, 0.5) is 0 Å². The van der Waals surface area contributed by atoms with Gasteiger partial charge in [-0.25, -0.2) is 0 Å². The molecular weight excluding hydrogens is 214 g/mol. The lowest BCUT2D eigenvalue weighted by Crippen LogP contribution is -2.51. The Morgan fingerprint density at radius 1 is 1.47 bits per heavy atom. The van der Waals surface area contributed by atoms with E-state index >= 15 is 0 Å². The first kappa shape index (κ1) is 12.9. The highest BCUT2D eigenvalue weighted by Gasteiger charge is 2.38. The molecule has 0 aromatic heterocycles. The van der Waals surface area contributed by atoms with E-state index in [-0.39, 0.29) is 12.5 Å². The van der Waals surface area contributed by atoms with Crippen LogP contribution < -0.4 is 0 Å². The van der Waals surface area contributed by atoms with Crippen LogP contribution in [-0.2, 0) is 9.53 Å². The van der Waals surface area contributed by atoms with Crippen LogP contribution in [0.3, 0.4) is 0 Å². The van der Waals surface area contributed by atoms with Crippen molar-refractivity contribution >= 4 is 5.91 Å². The van der Waals surface area contributed by atoms with E-state index in [1.165, 1.54) is 19.3 Å². The van der Waals surface area contributed by atoms with Crippen molar-refractivity contribution in [2.75, 3.05) is 19.8 Å². The second-order valence-corrected chi connectivity index (χ2v) is 6.20. The molecule has 2 rings (SSSR count). The van der Waals surface area contributed by atoms with Crippen LogP contribution in [-0.4, -0.2) is 36.6 Å². The summed E-state index contributed by atoms with van der Waals surface area (Å²) >= 11 is 0.